The fraction of sp³-hybridized carbons (Fsp3) is 0.381. The lowest BCUT2D eigenvalue weighted by Crippen LogP contribution is -2.38. The van der Waals surface area contributed by atoms with Crippen LogP contribution in [0.25, 0.3) is 0 Å². The second kappa shape index (κ2) is 9.21. The van der Waals surface area contributed by atoms with E-state index in [2.05, 4.69) is 9.88 Å². The Morgan fingerprint density at radius 2 is 2.00 bits per heavy atom. The van der Waals surface area contributed by atoms with Gasteiger partial charge in [-0.05, 0) is 41.7 Å². The summed E-state index contributed by atoms with van der Waals surface area (Å²) >= 11 is 0. The molecule has 1 atom stereocenters. The number of aliphatic hydroxyl groups is 2. The van der Waals surface area contributed by atoms with Gasteiger partial charge in [0.15, 0.2) is 0 Å². The summed E-state index contributed by atoms with van der Waals surface area (Å²) in [5.74, 6) is -1.01. The molecule has 1 aliphatic rings. The van der Waals surface area contributed by atoms with Crippen molar-refractivity contribution in [2.24, 2.45) is 5.73 Å². The largest absolute Gasteiger partial charge is 0.392 e. The fourth-order valence-corrected chi connectivity index (χ4v) is 4.06. The minimum absolute atomic E-state index is 0.0961. The highest BCUT2D eigenvalue weighted by Crippen LogP contribution is 2.38. The van der Waals surface area contributed by atoms with Gasteiger partial charge in [-0.3, -0.25) is 9.69 Å². The Bertz CT molecular complexity index is 902. The van der Waals surface area contributed by atoms with Gasteiger partial charge in [0.25, 0.3) is 5.91 Å². The predicted molar refractivity (Wildman–Crippen MR) is 103 cm³/mol. The number of aldehydes is 1. The normalized spacial score (nSPS) is 16.4. The molecule has 0 radical (unpaired) electrons. The molecule has 1 amide bonds. The quantitative estimate of drug-likeness (QED) is 0.576. The maximum absolute atomic E-state index is 13.3. The van der Waals surface area contributed by atoms with Crippen LogP contribution in [0.1, 0.15) is 57.3 Å². The highest BCUT2D eigenvalue weighted by Gasteiger charge is 2.33. The lowest BCUT2D eigenvalue weighted by Gasteiger charge is -2.39. The first-order valence-electron chi connectivity index (χ1n) is 9.48. The molecule has 2 aromatic rings. The molecule has 154 valence electrons. The fourth-order valence-electron chi connectivity index (χ4n) is 4.06. The molecule has 1 aromatic heterocycles. The van der Waals surface area contributed by atoms with Crippen LogP contribution in [0.5, 0.6) is 0 Å². The van der Waals surface area contributed by atoms with Crippen LogP contribution in [0.2, 0.25) is 0 Å². The van der Waals surface area contributed by atoms with Gasteiger partial charge < -0.3 is 20.7 Å². The molecule has 29 heavy (non-hydrogen) atoms. The molecule has 8 heteroatoms. The van der Waals surface area contributed by atoms with E-state index in [1.807, 2.05) is 0 Å². The van der Waals surface area contributed by atoms with Crippen molar-refractivity contribution in [2.75, 3.05) is 6.54 Å². The van der Waals surface area contributed by atoms with E-state index < -0.39 is 12.5 Å². The van der Waals surface area contributed by atoms with E-state index in [0.717, 1.165) is 11.8 Å². The average Bonchev–Trinajstić information content (AvgIpc) is 2.72. The second-order valence-electron chi connectivity index (χ2n) is 7.07. The van der Waals surface area contributed by atoms with Crippen molar-refractivity contribution in [1.29, 1.82) is 0 Å². The number of primary amides is 1. The van der Waals surface area contributed by atoms with Gasteiger partial charge in [-0.25, -0.2) is 9.37 Å². The highest BCUT2D eigenvalue weighted by molar-refractivity contribution is 5.93. The molecule has 0 bridgehead atoms. The summed E-state index contributed by atoms with van der Waals surface area (Å²) in [6.07, 6.45) is 2.07. The van der Waals surface area contributed by atoms with Crippen LogP contribution in [0.15, 0.2) is 24.3 Å². The molecule has 1 aliphatic heterocycles. The number of benzene rings is 1. The minimum Gasteiger partial charge on any atom is -0.392 e. The van der Waals surface area contributed by atoms with Crippen molar-refractivity contribution in [3.63, 3.8) is 0 Å². The number of hydrogen-bond acceptors (Lipinski definition) is 6. The molecule has 4 N–H and O–H groups in total. The Balaban J connectivity index is 2.09. The Hall–Kier alpha value is -2.68. The van der Waals surface area contributed by atoms with Gasteiger partial charge in [-0.15, -0.1) is 0 Å². The number of pyridine rings is 1. The smallest absolute Gasteiger partial charge is 0.267 e. The first-order valence-corrected chi connectivity index (χ1v) is 9.48. The number of rotatable bonds is 8. The molecule has 1 unspecified atom stereocenters. The molecule has 0 fully saturated rings. The van der Waals surface area contributed by atoms with Crippen LogP contribution in [-0.2, 0) is 31.0 Å². The van der Waals surface area contributed by atoms with E-state index in [-0.39, 0.29) is 36.3 Å². The second-order valence-corrected chi connectivity index (χ2v) is 7.07. The Kier molecular flexibility index (Phi) is 6.68. The predicted octanol–water partition coefficient (Wildman–Crippen LogP) is 1.38. The number of carbonyl (C=O) groups is 2. The van der Waals surface area contributed by atoms with E-state index in [9.17, 15) is 24.2 Å². The zero-order valence-corrected chi connectivity index (χ0v) is 16.0. The number of fused-ring (bicyclic) bond motifs is 1. The Morgan fingerprint density at radius 3 is 2.59 bits per heavy atom. The van der Waals surface area contributed by atoms with Gasteiger partial charge in [0.2, 0.25) is 0 Å². The van der Waals surface area contributed by atoms with Gasteiger partial charge in [-0.1, -0.05) is 12.1 Å². The van der Waals surface area contributed by atoms with Crippen molar-refractivity contribution < 1.29 is 24.2 Å². The van der Waals surface area contributed by atoms with Crippen molar-refractivity contribution in [1.82, 2.24) is 9.88 Å². The van der Waals surface area contributed by atoms with E-state index in [1.54, 1.807) is 12.1 Å². The van der Waals surface area contributed by atoms with Crippen LogP contribution >= 0.6 is 0 Å². The molecule has 0 saturated carbocycles. The van der Waals surface area contributed by atoms with Crippen LogP contribution in [0, 0.1) is 5.82 Å². The summed E-state index contributed by atoms with van der Waals surface area (Å²) in [6.45, 7) is 0.296. The van der Waals surface area contributed by atoms with Crippen LogP contribution in [-0.4, -0.2) is 38.8 Å². The van der Waals surface area contributed by atoms with E-state index in [1.165, 1.54) is 12.1 Å². The number of amides is 1. The van der Waals surface area contributed by atoms with Crippen LogP contribution in [0.3, 0.4) is 0 Å². The van der Waals surface area contributed by atoms with Gasteiger partial charge in [0.05, 0.1) is 18.9 Å². The van der Waals surface area contributed by atoms with Crippen LogP contribution < -0.4 is 5.73 Å². The Morgan fingerprint density at radius 1 is 1.28 bits per heavy atom. The van der Waals surface area contributed by atoms with Gasteiger partial charge in [0, 0.05) is 31.1 Å². The topological polar surface area (TPSA) is 117 Å². The van der Waals surface area contributed by atoms with Gasteiger partial charge in [-0.2, -0.15) is 0 Å². The maximum Gasteiger partial charge on any atom is 0.267 e. The molecule has 0 spiro atoms. The zero-order valence-electron chi connectivity index (χ0n) is 16.0. The van der Waals surface area contributed by atoms with Gasteiger partial charge >= 0.3 is 0 Å². The number of aliphatic hydroxyl groups excluding tert-OH is 2. The lowest BCUT2D eigenvalue weighted by molar-refractivity contribution is -0.108. The third-order valence-electron chi connectivity index (χ3n) is 5.35. The first-order chi connectivity index (χ1) is 14.0. The van der Waals surface area contributed by atoms with E-state index in [4.69, 9.17) is 5.73 Å². The summed E-state index contributed by atoms with van der Waals surface area (Å²) in [6, 6.07) is 5.92. The van der Waals surface area contributed by atoms with Crippen molar-refractivity contribution in [3.05, 3.63) is 63.7 Å². The molecule has 7 nitrogen and oxygen atoms in total. The molecular weight excluding hydrogens is 377 g/mol. The number of carbonyl (C=O) groups excluding carboxylic acids is 2. The highest BCUT2D eigenvalue weighted by atomic mass is 19.1. The summed E-state index contributed by atoms with van der Waals surface area (Å²) in [5.41, 5.74) is 8.56. The molecule has 0 aliphatic carbocycles. The van der Waals surface area contributed by atoms with Crippen LogP contribution in [0.4, 0.5) is 4.39 Å². The molecule has 0 saturated heterocycles. The third kappa shape index (κ3) is 4.34. The third-order valence-corrected chi connectivity index (χ3v) is 5.35. The Labute approximate surface area is 168 Å². The van der Waals surface area contributed by atoms with E-state index >= 15 is 0 Å². The lowest BCUT2D eigenvalue weighted by atomic mass is 9.84. The SMILES string of the molecule is NC(=O)c1nc(CO)c(CO)c2c1CCN(Cc1ccc(F)cc1)C2CCC=O. The number of nitrogens with zero attached hydrogens (tertiary/aromatic N) is 2. The monoisotopic (exact) mass is 401 g/mol. The summed E-state index contributed by atoms with van der Waals surface area (Å²) in [5, 5.41) is 19.7. The average molecular weight is 401 g/mol. The first kappa shape index (κ1) is 21.0. The maximum atomic E-state index is 13.3. The van der Waals surface area contributed by atoms with Crippen molar-refractivity contribution in [2.45, 2.75) is 45.1 Å². The van der Waals surface area contributed by atoms with E-state index in [0.29, 0.717) is 42.6 Å². The number of hydrogen-bond donors (Lipinski definition) is 3. The zero-order chi connectivity index (χ0) is 21.0. The summed E-state index contributed by atoms with van der Waals surface area (Å²) < 4.78 is 13.3. The van der Waals surface area contributed by atoms with Gasteiger partial charge in [0.1, 0.15) is 17.8 Å². The van der Waals surface area contributed by atoms with Crippen molar-refractivity contribution >= 4 is 12.2 Å². The molecule has 3 rings (SSSR count). The summed E-state index contributed by atoms with van der Waals surface area (Å²) in [7, 11) is 0. The molecule has 1 aromatic carbocycles. The molecule has 2 heterocycles. The summed E-state index contributed by atoms with van der Waals surface area (Å²) in [4.78, 5) is 29.4. The number of halogens is 1. The number of aromatic nitrogens is 1. The molecular formula is C21H24FN3O4. The minimum atomic E-state index is -0.693. The standard InChI is InChI=1S/C21H24FN3O4/c22-14-5-3-13(4-6-14)10-25-8-7-15-19(18(25)2-1-9-26)16(11-27)17(12-28)24-20(15)21(23)29/h3-6,9,18,27-28H,1-2,7-8,10-12H2,(H2,23,29). The number of nitrogens with two attached hydrogens (primary N) is 1. The van der Waals surface area contributed by atoms with Crippen molar-refractivity contribution in [3.8, 4) is 0 Å².